The lowest BCUT2D eigenvalue weighted by atomic mass is 10.2. The lowest BCUT2D eigenvalue weighted by Gasteiger charge is -2.13. The standard InChI is InChI=1S/C16H27NO2/c1-4-6-10-18-15-9-8-14(13-17-3)16(12-15)19-11-7-5-2/h8-9,12,17H,4-7,10-11,13H2,1-3H3. The fourth-order valence-corrected chi connectivity index (χ4v) is 1.76. The van der Waals surface area contributed by atoms with Crippen LogP contribution in [0.5, 0.6) is 11.5 Å². The van der Waals surface area contributed by atoms with Crippen molar-refractivity contribution in [3.8, 4) is 11.5 Å². The molecule has 0 aliphatic heterocycles. The van der Waals surface area contributed by atoms with Crippen molar-refractivity contribution in [1.29, 1.82) is 0 Å². The molecular weight excluding hydrogens is 238 g/mol. The smallest absolute Gasteiger partial charge is 0.127 e. The Labute approximate surface area is 117 Å². The van der Waals surface area contributed by atoms with Gasteiger partial charge in [-0.2, -0.15) is 0 Å². The summed E-state index contributed by atoms with van der Waals surface area (Å²) in [6.07, 6.45) is 4.47. The molecule has 108 valence electrons. The van der Waals surface area contributed by atoms with Gasteiger partial charge < -0.3 is 14.8 Å². The molecule has 0 aromatic heterocycles. The third kappa shape index (κ3) is 5.97. The van der Waals surface area contributed by atoms with Crippen LogP contribution >= 0.6 is 0 Å². The van der Waals surface area contributed by atoms with Crippen LogP contribution in [0.4, 0.5) is 0 Å². The summed E-state index contributed by atoms with van der Waals surface area (Å²) in [6, 6.07) is 6.12. The molecule has 3 nitrogen and oxygen atoms in total. The van der Waals surface area contributed by atoms with E-state index in [1.54, 1.807) is 0 Å². The van der Waals surface area contributed by atoms with Gasteiger partial charge in [0.1, 0.15) is 11.5 Å². The Bertz CT molecular complexity index is 353. The number of benzene rings is 1. The molecule has 0 saturated heterocycles. The van der Waals surface area contributed by atoms with E-state index >= 15 is 0 Å². The topological polar surface area (TPSA) is 30.5 Å². The van der Waals surface area contributed by atoms with Crippen molar-refractivity contribution in [2.75, 3.05) is 20.3 Å². The van der Waals surface area contributed by atoms with Gasteiger partial charge in [0.2, 0.25) is 0 Å². The van der Waals surface area contributed by atoms with Crippen molar-refractivity contribution in [2.45, 2.75) is 46.1 Å². The van der Waals surface area contributed by atoms with E-state index in [1.807, 2.05) is 19.2 Å². The van der Waals surface area contributed by atoms with Crippen LogP contribution in [-0.4, -0.2) is 20.3 Å². The maximum Gasteiger partial charge on any atom is 0.127 e. The lowest BCUT2D eigenvalue weighted by molar-refractivity contribution is 0.292. The third-order valence-electron chi connectivity index (χ3n) is 2.93. The molecule has 0 aliphatic carbocycles. The molecule has 0 bridgehead atoms. The molecule has 1 aromatic carbocycles. The van der Waals surface area contributed by atoms with E-state index in [4.69, 9.17) is 9.47 Å². The highest BCUT2D eigenvalue weighted by molar-refractivity contribution is 5.40. The average molecular weight is 265 g/mol. The minimum absolute atomic E-state index is 0.769. The Hall–Kier alpha value is -1.22. The molecule has 0 amide bonds. The van der Waals surface area contributed by atoms with Gasteiger partial charge in [-0.15, -0.1) is 0 Å². The number of hydrogen-bond acceptors (Lipinski definition) is 3. The van der Waals surface area contributed by atoms with Crippen molar-refractivity contribution in [1.82, 2.24) is 5.32 Å². The second-order valence-electron chi connectivity index (χ2n) is 4.70. The van der Waals surface area contributed by atoms with Crippen molar-refractivity contribution in [3.05, 3.63) is 23.8 Å². The zero-order valence-electron chi connectivity index (χ0n) is 12.5. The average Bonchev–Trinajstić information content (AvgIpc) is 2.42. The number of nitrogens with one attached hydrogen (secondary N) is 1. The molecule has 0 unspecified atom stereocenters. The highest BCUT2D eigenvalue weighted by Gasteiger charge is 2.05. The molecule has 19 heavy (non-hydrogen) atoms. The minimum atomic E-state index is 0.769. The Morgan fingerprint density at radius 2 is 1.68 bits per heavy atom. The fraction of sp³-hybridized carbons (Fsp3) is 0.625. The minimum Gasteiger partial charge on any atom is -0.493 e. The monoisotopic (exact) mass is 265 g/mol. The van der Waals surface area contributed by atoms with Gasteiger partial charge >= 0.3 is 0 Å². The number of hydrogen-bond donors (Lipinski definition) is 1. The molecule has 1 aromatic rings. The first-order valence-electron chi connectivity index (χ1n) is 7.34. The van der Waals surface area contributed by atoms with Crippen LogP contribution in [0.3, 0.4) is 0 Å². The SMILES string of the molecule is CCCCOc1ccc(CNC)c(OCCCC)c1. The van der Waals surface area contributed by atoms with Gasteiger partial charge in [0.25, 0.3) is 0 Å². The van der Waals surface area contributed by atoms with Crippen molar-refractivity contribution >= 4 is 0 Å². The quantitative estimate of drug-likeness (QED) is 0.653. The first-order valence-corrected chi connectivity index (χ1v) is 7.34. The van der Waals surface area contributed by atoms with Crippen molar-refractivity contribution in [3.63, 3.8) is 0 Å². The predicted molar refractivity (Wildman–Crippen MR) is 80.0 cm³/mol. The van der Waals surface area contributed by atoms with Gasteiger partial charge in [-0.1, -0.05) is 32.8 Å². The van der Waals surface area contributed by atoms with Crippen LogP contribution in [0.1, 0.15) is 45.1 Å². The highest BCUT2D eigenvalue weighted by atomic mass is 16.5. The first kappa shape index (κ1) is 15.8. The molecule has 0 radical (unpaired) electrons. The molecule has 0 heterocycles. The second-order valence-corrected chi connectivity index (χ2v) is 4.70. The summed E-state index contributed by atoms with van der Waals surface area (Å²) >= 11 is 0. The summed E-state index contributed by atoms with van der Waals surface area (Å²) in [5.41, 5.74) is 1.18. The van der Waals surface area contributed by atoms with Crippen LogP contribution in [-0.2, 0) is 6.54 Å². The summed E-state index contributed by atoms with van der Waals surface area (Å²) < 4.78 is 11.6. The molecular formula is C16H27NO2. The predicted octanol–water partition coefficient (Wildman–Crippen LogP) is 3.76. The number of unbranched alkanes of at least 4 members (excludes halogenated alkanes) is 2. The van der Waals surface area contributed by atoms with E-state index < -0.39 is 0 Å². The van der Waals surface area contributed by atoms with E-state index in [9.17, 15) is 0 Å². The fourth-order valence-electron chi connectivity index (χ4n) is 1.76. The molecule has 3 heteroatoms. The summed E-state index contributed by atoms with van der Waals surface area (Å²) in [6.45, 7) is 6.69. The third-order valence-corrected chi connectivity index (χ3v) is 2.93. The van der Waals surface area contributed by atoms with E-state index in [2.05, 4.69) is 25.2 Å². The lowest BCUT2D eigenvalue weighted by Crippen LogP contribution is -2.08. The maximum atomic E-state index is 5.86. The number of rotatable bonds is 10. The molecule has 0 aliphatic rings. The Kier molecular flexibility index (Phi) is 8.07. The summed E-state index contributed by atoms with van der Waals surface area (Å²) in [5, 5.41) is 3.17. The van der Waals surface area contributed by atoms with Gasteiger partial charge in [0, 0.05) is 18.2 Å². The van der Waals surface area contributed by atoms with Crippen molar-refractivity contribution < 1.29 is 9.47 Å². The van der Waals surface area contributed by atoms with Crippen LogP contribution in [0.2, 0.25) is 0 Å². The van der Waals surface area contributed by atoms with E-state index in [0.29, 0.717) is 0 Å². The molecule has 0 spiro atoms. The van der Waals surface area contributed by atoms with Crippen LogP contribution < -0.4 is 14.8 Å². The molecule has 0 atom stereocenters. The van der Waals surface area contributed by atoms with E-state index in [-0.39, 0.29) is 0 Å². The van der Waals surface area contributed by atoms with Gasteiger partial charge in [-0.25, -0.2) is 0 Å². The summed E-state index contributed by atoms with van der Waals surface area (Å²) in [7, 11) is 1.95. The normalized spacial score (nSPS) is 10.5. The Morgan fingerprint density at radius 3 is 2.32 bits per heavy atom. The molecule has 1 rings (SSSR count). The zero-order chi connectivity index (χ0) is 13.9. The van der Waals surface area contributed by atoms with Crippen LogP contribution in [0.25, 0.3) is 0 Å². The van der Waals surface area contributed by atoms with Crippen molar-refractivity contribution in [2.24, 2.45) is 0 Å². The largest absolute Gasteiger partial charge is 0.493 e. The molecule has 0 saturated carbocycles. The van der Waals surface area contributed by atoms with Crippen LogP contribution in [0.15, 0.2) is 18.2 Å². The molecule has 1 N–H and O–H groups in total. The van der Waals surface area contributed by atoms with E-state index in [1.165, 1.54) is 5.56 Å². The first-order chi connectivity index (χ1) is 9.31. The maximum absolute atomic E-state index is 5.86. The zero-order valence-corrected chi connectivity index (χ0v) is 12.5. The van der Waals surface area contributed by atoms with Crippen LogP contribution in [0, 0.1) is 0 Å². The number of ether oxygens (including phenoxy) is 2. The van der Waals surface area contributed by atoms with E-state index in [0.717, 1.165) is 56.9 Å². The highest BCUT2D eigenvalue weighted by Crippen LogP contribution is 2.25. The Morgan fingerprint density at radius 1 is 1.00 bits per heavy atom. The van der Waals surface area contributed by atoms with Gasteiger partial charge in [0.15, 0.2) is 0 Å². The van der Waals surface area contributed by atoms with Gasteiger partial charge in [0.05, 0.1) is 13.2 Å². The van der Waals surface area contributed by atoms with Gasteiger partial charge in [-0.3, -0.25) is 0 Å². The summed E-state index contributed by atoms with van der Waals surface area (Å²) in [4.78, 5) is 0. The van der Waals surface area contributed by atoms with Gasteiger partial charge in [-0.05, 0) is 26.0 Å². The Balaban J connectivity index is 2.66. The summed E-state index contributed by atoms with van der Waals surface area (Å²) in [5.74, 6) is 1.84. The molecule has 0 fully saturated rings. The second kappa shape index (κ2) is 9.68.